The molecule has 10 atom stereocenters. The van der Waals surface area contributed by atoms with Crippen molar-refractivity contribution in [2.75, 3.05) is 66.0 Å². The Morgan fingerprint density at radius 2 is 1.72 bits per heavy atom. The summed E-state index contributed by atoms with van der Waals surface area (Å²) < 4.78 is 24.0. The molecule has 6 heterocycles. The second kappa shape index (κ2) is 14.3. The van der Waals surface area contributed by atoms with Crippen LogP contribution in [0.15, 0.2) is 48.6 Å². The lowest BCUT2D eigenvalue weighted by molar-refractivity contribution is -0.228. The number of esters is 3. The standard InChI is InChI=1S/C47H60N4O9/c1-8-43(55)24-29-25-46(41(53)58-6,37-31(15-12-19-50(26-29)27-43)30-14-10-11-16-34(30)48-37)33-22-32-35(23-36(33)57-5)49(4)39-45(32)18-21-51-20-13-17-44(9-2,38(45)51)40(60-28(3)52)47(39,56)42(54)59-7/h10-11,13-14,16-17,22-23,29,38-40,48,55-56H,8-9,12,15,18-21,24-27H2,1-7H3/t29-,38+,39-,40-,43+,44-,45-,46-,47+/m1/s1. The van der Waals surface area contributed by atoms with Crippen LogP contribution < -0.4 is 9.64 Å². The number of ether oxygens (including phenoxy) is 4. The van der Waals surface area contributed by atoms with Crippen LogP contribution in [0, 0.1) is 11.3 Å². The van der Waals surface area contributed by atoms with E-state index in [9.17, 15) is 19.8 Å². The van der Waals surface area contributed by atoms with Crippen LogP contribution >= 0.6 is 0 Å². The monoisotopic (exact) mass is 824 g/mol. The molecule has 6 aliphatic rings. The highest BCUT2D eigenvalue weighted by atomic mass is 16.6. The van der Waals surface area contributed by atoms with Crippen molar-refractivity contribution in [2.24, 2.45) is 11.3 Å². The minimum absolute atomic E-state index is 0.103. The van der Waals surface area contributed by atoms with E-state index in [1.165, 1.54) is 21.1 Å². The van der Waals surface area contributed by atoms with Gasteiger partial charge >= 0.3 is 17.9 Å². The van der Waals surface area contributed by atoms with Crippen molar-refractivity contribution in [1.82, 2.24) is 14.8 Å². The van der Waals surface area contributed by atoms with Gasteiger partial charge in [-0.3, -0.25) is 14.5 Å². The first-order valence-corrected chi connectivity index (χ1v) is 21.7. The number of benzene rings is 2. The minimum atomic E-state index is -2.30. The third-order valence-corrected chi connectivity index (χ3v) is 15.8. The number of methoxy groups -OCH3 is 3. The molecule has 9 rings (SSSR count). The number of likely N-dealkylation sites (N-methyl/N-ethyl adjacent to an activating group) is 1. The fourth-order valence-corrected chi connectivity index (χ4v) is 13.7. The average molecular weight is 825 g/mol. The first kappa shape index (κ1) is 40.9. The Kier molecular flexibility index (Phi) is 9.77. The van der Waals surface area contributed by atoms with Crippen LogP contribution in [0.4, 0.5) is 5.69 Å². The Balaban J connectivity index is 1.37. The van der Waals surface area contributed by atoms with Crippen LogP contribution in [-0.2, 0) is 45.8 Å². The lowest BCUT2D eigenvalue weighted by atomic mass is 9.47. The molecule has 322 valence electrons. The molecule has 1 aromatic heterocycles. The molecule has 60 heavy (non-hydrogen) atoms. The second-order valence-corrected chi connectivity index (χ2v) is 18.6. The molecule has 13 nitrogen and oxygen atoms in total. The first-order chi connectivity index (χ1) is 28.7. The molecule has 1 unspecified atom stereocenters. The van der Waals surface area contributed by atoms with Gasteiger partial charge in [-0.15, -0.1) is 0 Å². The van der Waals surface area contributed by atoms with Gasteiger partial charge in [0.05, 0.1) is 33.0 Å². The Bertz CT molecular complexity index is 2270. The maximum absolute atomic E-state index is 15.4. The van der Waals surface area contributed by atoms with Crippen molar-refractivity contribution < 1.29 is 43.5 Å². The number of carbonyl (C=O) groups is 3. The number of nitrogens with zero attached hydrogens (tertiary/aromatic N) is 3. The summed E-state index contributed by atoms with van der Waals surface area (Å²) in [5.41, 5.74) is -1.58. The smallest absolute Gasteiger partial charge is 0.344 e. The van der Waals surface area contributed by atoms with Gasteiger partial charge in [-0.2, -0.15) is 0 Å². The van der Waals surface area contributed by atoms with Crippen molar-refractivity contribution in [1.29, 1.82) is 0 Å². The fraction of sp³-hybridized carbons (Fsp3) is 0.596. The Morgan fingerprint density at radius 3 is 2.42 bits per heavy atom. The van der Waals surface area contributed by atoms with Gasteiger partial charge in [-0.1, -0.05) is 44.2 Å². The molecule has 1 aliphatic carbocycles. The van der Waals surface area contributed by atoms with Crippen LogP contribution in [0.25, 0.3) is 10.9 Å². The molecule has 3 fully saturated rings. The number of H-pyrrole nitrogens is 1. The molecule has 2 aromatic carbocycles. The van der Waals surface area contributed by atoms with Crippen LogP contribution in [0.2, 0.25) is 0 Å². The predicted octanol–water partition coefficient (Wildman–Crippen LogP) is 4.38. The Hall–Kier alpha value is -4.43. The zero-order chi connectivity index (χ0) is 42.6. The topological polar surface area (TPSA) is 154 Å². The zero-order valence-corrected chi connectivity index (χ0v) is 36.0. The van der Waals surface area contributed by atoms with E-state index in [1.54, 1.807) is 7.11 Å². The van der Waals surface area contributed by atoms with E-state index in [0.29, 0.717) is 76.0 Å². The van der Waals surface area contributed by atoms with Gasteiger partial charge in [-0.25, -0.2) is 4.79 Å². The molecular formula is C47H60N4O9. The van der Waals surface area contributed by atoms with Crippen LogP contribution in [-0.4, -0.2) is 133 Å². The van der Waals surface area contributed by atoms with E-state index in [1.807, 2.05) is 50.1 Å². The van der Waals surface area contributed by atoms with Gasteiger partial charge in [0.2, 0.25) is 5.60 Å². The SMILES string of the molecule is CC[C@]1(O)C[C@H]2CN(CCCc3c([nH]c4ccccc34)[C@](C(=O)OC)(c3cc4c(cc3OC)N(C)[C@H]3[C@@](O)(C(=O)OC)[C@H](OC(C)=O)[C@]5(CC)C=CCN6CC[C@]43[C@@H]65)C2)C1. The van der Waals surface area contributed by atoms with E-state index in [2.05, 4.69) is 39.1 Å². The second-order valence-electron chi connectivity index (χ2n) is 18.6. The first-order valence-electron chi connectivity index (χ1n) is 21.7. The number of hydrogen-bond acceptors (Lipinski definition) is 12. The van der Waals surface area contributed by atoms with Gasteiger partial charge in [0, 0.05) is 84.4 Å². The van der Waals surface area contributed by atoms with Crippen LogP contribution in [0.3, 0.4) is 0 Å². The highest BCUT2D eigenvalue weighted by Gasteiger charge is 2.80. The summed E-state index contributed by atoms with van der Waals surface area (Å²) in [6.07, 6.45) is 6.84. The lowest BCUT2D eigenvalue weighted by Gasteiger charge is -2.63. The summed E-state index contributed by atoms with van der Waals surface area (Å²) in [7, 11) is 6.17. The number of piperidine rings is 1. The number of carbonyl (C=O) groups excluding carboxylic acids is 3. The number of nitrogens with one attached hydrogen (secondary N) is 1. The molecule has 0 amide bonds. The molecular weight excluding hydrogens is 765 g/mol. The van der Waals surface area contributed by atoms with E-state index in [0.717, 1.165) is 46.4 Å². The summed E-state index contributed by atoms with van der Waals surface area (Å²) in [6.45, 7) is 8.77. The lowest BCUT2D eigenvalue weighted by Crippen LogP contribution is -2.81. The number of fused-ring (bicyclic) bond motifs is 6. The summed E-state index contributed by atoms with van der Waals surface area (Å²) in [6, 6.07) is 11.0. The average Bonchev–Trinajstić information content (AvgIpc) is 3.90. The van der Waals surface area contributed by atoms with E-state index in [-0.39, 0.29) is 12.0 Å². The number of aryl methyl sites for hydroxylation is 1. The quantitative estimate of drug-likeness (QED) is 0.176. The number of hydrogen-bond donors (Lipinski definition) is 3. The largest absolute Gasteiger partial charge is 0.496 e. The fourth-order valence-electron chi connectivity index (χ4n) is 13.7. The van der Waals surface area contributed by atoms with Crippen LogP contribution in [0.1, 0.15) is 81.7 Å². The molecule has 13 heteroatoms. The summed E-state index contributed by atoms with van der Waals surface area (Å²) >= 11 is 0. The predicted molar refractivity (Wildman–Crippen MR) is 225 cm³/mol. The third kappa shape index (κ3) is 5.34. The number of anilines is 1. The van der Waals surface area contributed by atoms with E-state index in [4.69, 9.17) is 18.9 Å². The number of para-hydroxylation sites is 1. The normalized spacial score (nSPS) is 36.8. The van der Waals surface area contributed by atoms with Gasteiger partial charge in [-0.05, 0) is 87.2 Å². The van der Waals surface area contributed by atoms with Gasteiger partial charge < -0.3 is 43.9 Å². The summed E-state index contributed by atoms with van der Waals surface area (Å²) in [5, 5.41) is 26.4. The number of rotatable bonds is 7. The van der Waals surface area contributed by atoms with Crippen molar-refractivity contribution >= 4 is 34.5 Å². The zero-order valence-electron chi connectivity index (χ0n) is 36.0. The highest BCUT2D eigenvalue weighted by molar-refractivity contribution is 5.95. The van der Waals surface area contributed by atoms with E-state index < -0.39 is 57.5 Å². The summed E-state index contributed by atoms with van der Waals surface area (Å²) in [4.78, 5) is 53.3. The molecule has 5 aliphatic heterocycles. The van der Waals surface area contributed by atoms with Crippen molar-refractivity contribution in [3.63, 3.8) is 0 Å². The molecule has 2 saturated heterocycles. The molecule has 0 radical (unpaired) electrons. The Labute approximate surface area is 352 Å². The van der Waals surface area contributed by atoms with E-state index >= 15 is 4.79 Å². The molecule has 3 N–H and O–H groups in total. The Morgan fingerprint density at radius 1 is 0.950 bits per heavy atom. The number of aromatic nitrogens is 1. The van der Waals surface area contributed by atoms with Crippen molar-refractivity contribution in [2.45, 2.75) is 106 Å². The third-order valence-electron chi connectivity index (χ3n) is 15.8. The van der Waals surface area contributed by atoms with Crippen molar-refractivity contribution in [3.05, 3.63) is 70.9 Å². The van der Waals surface area contributed by atoms with Gasteiger partial charge in [0.15, 0.2) is 6.10 Å². The van der Waals surface area contributed by atoms with Crippen molar-refractivity contribution in [3.8, 4) is 5.75 Å². The minimum Gasteiger partial charge on any atom is -0.496 e. The van der Waals surface area contributed by atoms with Crippen LogP contribution in [0.5, 0.6) is 5.75 Å². The molecule has 3 aromatic rings. The van der Waals surface area contributed by atoms with Gasteiger partial charge in [0.1, 0.15) is 11.2 Å². The highest BCUT2D eigenvalue weighted by Crippen LogP contribution is 2.68. The maximum atomic E-state index is 15.4. The van der Waals surface area contributed by atoms with Gasteiger partial charge in [0.25, 0.3) is 0 Å². The molecule has 1 saturated carbocycles. The number of aliphatic hydroxyl groups is 2. The molecule has 1 spiro atoms. The maximum Gasteiger partial charge on any atom is 0.344 e. The molecule has 2 bridgehead atoms. The summed E-state index contributed by atoms with van der Waals surface area (Å²) in [5.74, 6) is -1.56. The number of aromatic amines is 1.